The molecular weight excluding hydrogens is 300 g/mol. The highest BCUT2D eigenvalue weighted by atomic mass is 16.7. The van der Waals surface area contributed by atoms with Gasteiger partial charge >= 0.3 is 0 Å². The summed E-state index contributed by atoms with van der Waals surface area (Å²) >= 11 is 0. The molecule has 0 amide bonds. The Morgan fingerprint density at radius 1 is 0.682 bits per heavy atom. The topological polar surface area (TPSA) is 138 Å². The van der Waals surface area contributed by atoms with Gasteiger partial charge in [0, 0.05) is 7.11 Å². The number of aliphatic hydroxyl groups excluding tert-OH is 5. The van der Waals surface area contributed by atoms with Crippen molar-refractivity contribution in [3.8, 4) is 0 Å². The van der Waals surface area contributed by atoms with Gasteiger partial charge in [-0.2, -0.15) is 0 Å². The minimum Gasteiger partial charge on any atom is -0.388 e. The Labute approximate surface area is 128 Å². The largest absolute Gasteiger partial charge is 0.388 e. The van der Waals surface area contributed by atoms with Gasteiger partial charge in [0.25, 0.3) is 0 Å². The smallest absolute Gasteiger partial charge is 0.187 e. The molecule has 2 heterocycles. The van der Waals surface area contributed by atoms with E-state index in [4.69, 9.17) is 18.9 Å². The predicted octanol–water partition coefficient (Wildman–Crippen LogP) is -2.69. The summed E-state index contributed by atoms with van der Waals surface area (Å²) in [6.07, 6.45) is -11.7. The van der Waals surface area contributed by atoms with Crippen LogP contribution < -0.4 is 0 Å². The van der Waals surface area contributed by atoms with Crippen molar-refractivity contribution in [3.63, 3.8) is 0 Å². The van der Waals surface area contributed by atoms with Crippen LogP contribution in [0, 0.1) is 0 Å². The van der Waals surface area contributed by atoms with E-state index < -0.39 is 61.4 Å². The van der Waals surface area contributed by atoms with E-state index in [-0.39, 0.29) is 0 Å². The van der Waals surface area contributed by atoms with Crippen LogP contribution in [-0.4, -0.2) is 94.1 Å². The van der Waals surface area contributed by atoms with Crippen LogP contribution in [0.2, 0.25) is 0 Å². The molecule has 0 aromatic carbocycles. The van der Waals surface area contributed by atoms with Crippen LogP contribution in [0.3, 0.4) is 0 Å². The Kier molecular flexibility index (Phi) is 5.75. The number of methoxy groups -OCH3 is 1. The third-order valence-electron chi connectivity index (χ3n) is 4.11. The van der Waals surface area contributed by atoms with Crippen molar-refractivity contribution in [1.29, 1.82) is 0 Å². The van der Waals surface area contributed by atoms with Crippen LogP contribution in [0.5, 0.6) is 0 Å². The van der Waals surface area contributed by atoms with Crippen LogP contribution in [0.4, 0.5) is 0 Å². The molecule has 2 rings (SSSR count). The fourth-order valence-corrected chi connectivity index (χ4v) is 2.63. The molecule has 2 fully saturated rings. The van der Waals surface area contributed by atoms with E-state index in [2.05, 4.69) is 0 Å². The van der Waals surface area contributed by atoms with Gasteiger partial charge in [-0.05, 0) is 13.8 Å². The number of rotatable bonds is 3. The number of hydrogen-bond acceptors (Lipinski definition) is 9. The first-order valence-corrected chi connectivity index (χ1v) is 7.17. The first-order valence-electron chi connectivity index (χ1n) is 7.17. The van der Waals surface area contributed by atoms with Gasteiger partial charge in [0.1, 0.15) is 36.6 Å². The zero-order valence-corrected chi connectivity index (χ0v) is 12.6. The summed E-state index contributed by atoms with van der Waals surface area (Å²) in [5.74, 6) is 0. The highest BCUT2D eigenvalue weighted by Gasteiger charge is 2.49. The van der Waals surface area contributed by atoms with Crippen LogP contribution in [-0.2, 0) is 18.9 Å². The van der Waals surface area contributed by atoms with E-state index in [9.17, 15) is 25.5 Å². The monoisotopic (exact) mass is 324 g/mol. The van der Waals surface area contributed by atoms with Crippen molar-refractivity contribution in [2.45, 2.75) is 75.3 Å². The van der Waals surface area contributed by atoms with Gasteiger partial charge in [0.15, 0.2) is 12.6 Å². The number of ether oxygens (including phenoxy) is 4. The standard InChI is InChI=1S/C13H24O9/c1-4-6(14)8(16)9(17)13(21-4)22-11-7(15)5(2)20-12(19-3)10(11)18/h4-18H,1-3H3. The van der Waals surface area contributed by atoms with Crippen molar-refractivity contribution in [3.05, 3.63) is 0 Å². The average molecular weight is 324 g/mol. The lowest BCUT2D eigenvalue weighted by atomic mass is 9.97. The SMILES string of the molecule is COC1OC(C)C(O)C(OC2OC(C)C(O)C(O)C2O)C1O. The van der Waals surface area contributed by atoms with Gasteiger partial charge in [-0.1, -0.05) is 0 Å². The fourth-order valence-electron chi connectivity index (χ4n) is 2.63. The molecule has 130 valence electrons. The zero-order valence-electron chi connectivity index (χ0n) is 12.6. The van der Waals surface area contributed by atoms with Gasteiger partial charge < -0.3 is 44.5 Å². The van der Waals surface area contributed by atoms with Crippen molar-refractivity contribution in [2.24, 2.45) is 0 Å². The molecule has 10 atom stereocenters. The second-order valence-electron chi connectivity index (χ2n) is 5.71. The lowest BCUT2D eigenvalue weighted by Crippen LogP contribution is -2.63. The summed E-state index contributed by atoms with van der Waals surface area (Å²) in [6.45, 7) is 3.09. The molecule has 10 unspecified atom stereocenters. The average Bonchev–Trinajstić information content (AvgIpc) is 2.50. The van der Waals surface area contributed by atoms with Gasteiger partial charge in [-0.3, -0.25) is 0 Å². The molecule has 0 aromatic heterocycles. The lowest BCUT2D eigenvalue weighted by Gasteiger charge is -2.45. The molecule has 22 heavy (non-hydrogen) atoms. The zero-order chi connectivity index (χ0) is 16.6. The van der Waals surface area contributed by atoms with Crippen molar-refractivity contribution < 1.29 is 44.5 Å². The Balaban J connectivity index is 2.10. The van der Waals surface area contributed by atoms with Crippen LogP contribution in [0.1, 0.15) is 13.8 Å². The molecule has 0 radical (unpaired) electrons. The predicted molar refractivity (Wildman–Crippen MR) is 70.6 cm³/mol. The molecule has 0 saturated carbocycles. The quantitative estimate of drug-likeness (QED) is 0.376. The number of hydrogen-bond donors (Lipinski definition) is 5. The molecule has 0 aromatic rings. The Morgan fingerprint density at radius 2 is 1.23 bits per heavy atom. The Morgan fingerprint density at radius 3 is 1.82 bits per heavy atom. The van der Waals surface area contributed by atoms with E-state index in [1.165, 1.54) is 14.0 Å². The summed E-state index contributed by atoms with van der Waals surface area (Å²) < 4.78 is 21.0. The summed E-state index contributed by atoms with van der Waals surface area (Å²) in [4.78, 5) is 0. The van der Waals surface area contributed by atoms with E-state index in [0.29, 0.717) is 0 Å². The second kappa shape index (κ2) is 7.04. The van der Waals surface area contributed by atoms with Crippen LogP contribution in [0.25, 0.3) is 0 Å². The highest BCUT2D eigenvalue weighted by molar-refractivity contribution is 4.92. The van der Waals surface area contributed by atoms with E-state index in [1.807, 2.05) is 0 Å². The van der Waals surface area contributed by atoms with E-state index in [0.717, 1.165) is 0 Å². The van der Waals surface area contributed by atoms with Gasteiger partial charge in [-0.25, -0.2) is 0 Å². The number of aliphatic hydroxyl groups is 5. The van der Waals surface area contributed by atoms with Crippen molar-refractivity contribution in [1.82, 2.24) is 0 Å². The molecule has 2 aliphatic heterocycles. The van der Waals surface area contributed by atoms with Crippen LogP contribution in [0.15, 0.2) is 0 Å². The summed E-state index contributed by atoms with van der Waals surface area (Å²) in [5.41, 5.74) is 0. The second-order valence-corrected chi connectivity index (χ2v) is 5.71. The minimum atomic E-state index is -1.52. The van der Waals surface area contributed by atoms with Gasteiger partial charge in [0.05, 0.1) is 12.2 Å². The third kappa shape index (κ3) is 3.28. The molecule has 2 saturated heterocycles. The Bertz CT molecular complexity index is 367. The highest BCUT2D eigenvalue weighted by Crippen LogP contribution is 2.29. The molecule has 5 N–H and O–H groups in total. The van der Waals surface area contributed by atoms with Crippen molar-refractivity contribution in [2.75, 3.05) is 7.11 Å². The summed E-state index contributed by atoms with van der Waals surface area (Å²) in [7, 11) is 1.34. The first kappa shape index (κ1) is 18.0. The maximum Gasteiger partial charge on any atom is 0.187 e. The molecule has 0 aliphatic carbocycles. The van der Waals surface area contributed by atoms with E-state index >= 15 is 0 Å². The minimum absolute atomic E-state index is 0.674. The lowest BCUT2D eigenvalue weighted by molar-refractivity contribution is -0.351. The molecule has 9 heteroatoms. The van der Waals surface area contributed by atoms with Crippen LogP contribution >= 0.6 is 0 Å². The molecular formula is C13H24O9. The Hall–Kier alpha value is -0.360. The van der Waals surface area contributed by atoms with E-state index in [1.54, 1.807) is 6.92 Å². The maximum atomic E-state index is 10.1. The third-order valence-corrected chi connectivity index (χ3v) is 4.11. The fraction of sp³-hybridized carbons (Fsp3) is 1.00. The molecule has 2 aliphatic rings. The normalized spacial score (nSPS) is 53.5. The molecule has 0 bridgehead atoms. The summed E-state index contributed by atoms with van der Waals surface area (Å²) in [6, 6.07) is 0. The molecule has 0 spiro atoms. The van der Waals surface area contributed by atoms with Gasteiger partial charge in [0.2, 0.25) is 0 Å². The van der Waals surface area contributed by atoms with Crippen molar-refractivity contribution >= 4 is 0 Å². The van der Waals surface area contributed by atoms with Gasteiger partial charge in [-0.15, -0.1) is 0 Å². The summed E-state index contributed by atoms with van der Waals surface area (Å²) in [5, 5.41) is 49.6. The first-order chi connectivity index (χ1) is 10.3. The maximum absolute atomic E-state index is 10.1. The molecule has 9 nitrogen and oxygen atoms in total.